The van der Waals surface area contributed by atoms with Crippen LogP contribution in [0, 0.1) is 5.82 Å². The number of carboxylic acid groups (broad SMARTS) is 1. The normalized spacial score (nSPS) is 11.1. The number of carbonyl (C=O) groups is 1. The first kappa shape index (κ1) is 16.4. The lowest BCUT2D eigenvalue weighted by atomic mass is 10.1. The molecule has 1 N–H and O–H groups in total. The van der Waals surface area contributed by atoms with Crippen LogP contribution in [0.3, 0.4) is 0 Å². The minimum absolute atomic E-state index is 0.0147. The second-order valence-corrected chi connectivity index (χ2v) is 6.68. The zero-order chi connectivity index (χ0) is 17.3. The van der Waals surface area contributed by atoms with Crippen molar-refractivity contribution in [3.8, 4) is 0 Å². The fourth-order valence-electron chi connectivity index (χ4n) is 2.65. The molecule has 0 radical (unpaired) electrons. The summed E-state index contributed by atoms with van der Waals surface area (Å²) in [7, 11) is 0. The molecular formula is C18H16FNO3S. The molecule has 0 unspecified atom stereocenters. The number of aromatic nitrogens is 1. The third-order valence-electron chi connectivity index (χ3n) is 3.95. The summed E-state index contributed by atoms with van der Waals surface area (Å²) in [6.45, 7) is 2.23. The van der Waals surface area contributed by atoms with Gasteiger partial charge in [-0.2, -0.15) is 0 Å². The van der Waals surface area contributed by atoms with Crippen LogP contribution in [-0.4, -0.2) is 15.6 Å². The first-order valence-electron chi connectivity index (χ1n) is 7.63. The van der Waals surface area contributed by atoms with Gasteiger partial charge >= 0.3 is 5.97 Å². The number of nitrogens with zero attached hydrogens (tertiary/aromatic N) is 1. The smallest absolute Gasteiger partial charge is 0.352 e. The zero-order valence-corrected chi connectivity index (χ0v) is 13.9. The summed E-state index contributed by atoms with van der Waals surface area (Å²) in [5, 5.41) is 10.00. The van der Waals surface area contributed by atoms with Crippen molar-refractivity contribution >= 4 is 27.4 Å². The fraction of sp³-hybridized carbons (Fsp3) is 0.222. The number of pyridine rings is 1. The molecule has 1 aromatic carbocycles. The number of aryl methyl sites for hydroxylation is 2. The molecule has 2 heterocycles. The summed E-state index contributed by atoms with van der Waals surface area (Å²) >= 11 is 1.45. The molecule has 0 spiro atoms. The van der Waals surface area contributed by atoms with Gasteiger partial charge in [0.25, 0.3) is 5.56 Å². The van der Waals surface area contributed by atoms with Gasteiger partial charge in [-0.3, -0.25) is 4.79 Å². The Kier molecular flexibility index (Phi) is 4.49. The lowest BCUT2D eigenvalue weighted by molar-refractivity contribution is 0.0683. The molecule has 124 valence electrons. The van der Waals surface area contributed by atoms with E-state index in [4.69, 9.17) is 0 Å². The van der Waals surface area contributed by atoms with E-state index in [2.05, 4.69) is 0 Å². The molecule has 0 aliphatic heterocycles. The molecule has 0 saturated heterocycles. The Bertz CT molecular complexity index is 957. The van der Waals surface area contributed by atoms with Crippen LogP contribution in [0.25, 0.3) is 10.1 Å². The van der Waals surface area contributed by atoms with Crippen molar-refractivity contribution < 1.29 is 14.3 Å². The van der Waals surface area contributed by atoms with E-state index in [-0.39, 0.29) is 23.6 Å². The van der Waals surface area contributed by atoms with Crippen LogP contribution in [0.2, 0.25) is 0 Å². The molecular weight excluding hydrogens is 329 g/mol. The van der Waals surface area contributed by atoms with Gasteiger partial charge in [0.05, 0.1) is 5.39 Å². The highest BCUT2D eigenvalue weighted by Gasteiger charge is 2.16. The van der Waals surface area contributed by atoms with Gasteiger partial charge in [-0.05, 0) is 42.7 Å². The summed E-state index contributed by atoms with van der Waals surface area (Å²) in [5.41, 5.74) is 0.543. The van der Waals surface area contributed by atoms with Crippen molar-refractivity contribution in [2.75, 3.05) is 0 Å². The van der Waals surface area contributed by atoms with Gasteiger partial charge in [0.15, 0.2) is 0 Å². The van der Waals surface area contributed by atoms with Gasteiger partial charge in [0.1, 0.15) is 11.5 Å². The van der Waals surface area contributed by atoms with Crippen molar-refractivity contribution in [1.29, 1.82) is 0 Å². The second kappa shape index (κ2) is 6.57. The Morgan fingerprint density at radius 1 is 1.25 bits per heavy atom. The monoisotopic (exact) mass is 345 g/mol. The molecule has 0 saturated carbocycles. The van der Waals surface area contributed by atoms with Gasteiger partial charge in [0.2, 0.25) is 0 Å². The SMILES string of the molecule is CCc1cc2c(=O)n(CCc3ccc(F)cc3)c(C(=O)O)cc2s1. The van der Waals surface area contributed by atoms with E-state index in [1.165, 1.54) is 28.0 Å². The average molecular weight is 345 g/mol. The Hall–Kier alpha value is -2.47. The van der Waals surface area contributed by atoms with E-state index in [1.807, 2.05) is 13.0 Å². The largest absolute Gasteiger partial charge is 0.477 e. The van der Waals surface area contributed by atoms with Crippen LogP contribution in [-0.2, 0) is 19.4 Å². The van der Waals surface area contributed by atoms with Crippen molar-refractivity contribution in [3.05, 3.63) is 68.7 Å². The number of thiophene rings is 1. The highest BCUT2D eigenvalue weighted by atomic mass is 32.1. The lowest BCUT2D eigenvalue weighted by Gasteiger charge is -2.10. The van der Waals surface area contributed by atoms with Crippen LogP contribution in [0.4, 0.5) is 4.39 Å². The van der Waals surface area contributed by atoms with Crippen molar-refractivity contribution in [3.63, 3.8) is 0 Å². The number of halogens is 1. The topological polar surface area (TPSA) is 59.3 Å². The van der Waals surface area contributed by atoms with E-state index in [0.29, 0.717) is 16.5 Å². The molecule has 0 fully saturated rings. The molecule has 0 amide bonds. The number of rotatable bonds is 5. The molecule has 0 atom stereocenters. The zero-order valence-electron chi connectivity index (χ0n) is 13.1. The maximum Gasteiger partial charge on any atom is 0.352 e. The predicted octanol–water partition coefficient (Wildman–Crippen LogP) is 3.71. The van der Waals surface area contributed by atoms with E-state index < -0.39 is 5.97 Å². The maximum absolute atomic E-state index is 13.0. The standard InChI is InChI=1S/C18H16FNO3S/c1-2-13-9-14-16(24-13)10-15(18(22)23)20(17(14)21)8-7-11-3-5-12(19)6-4-11/h3-6,9-10H,2,7-8H2,1H3,(H,22,23). The van der Waals surface area contributed by atoms with Crippen molar-refractivity contribution in [2.24, 2.45) is 0 Å². The highest BCUT2D eigenvalue weighted by molar-refractivity contribution is 7.19. The highest BCUT2D eigenvalue weighted by Crippen LogP contribution is 2.24. The first-order valence-corrected chi connectivity index (χ1v) is 8.45. The number of hydrogen-bond acceptors (Lipinski definition) is 3. The van der Waals surface area contributed by atoms with E-state index in [1.54, 1.807) is 18.2 Å². The molecule has 3 rings (SSSR count). The summed E-state index contributed by atoms with van der Waals surface area (Å²) in [5.74, 6) is -1.45. The summed E-state index contributed by atoms with van der Waals surface area (Å²) in [6, 6.07) is 9.38. The quantitative estimate of drug-likeness (QED) is 0.767. The fourth-order valence-corrected chi connectivity index (χ4v) is 3.68. The molecule has 4 nitrogen and oxygen atoms in total. The average Bonchev–Trinajstić information content (AvgIpc) is 2.99. The van der Waals surface area contributed by atoms with Crippen LogP contribution in [0.5, 0.6) is 0 Å². The maximum atomic E-state index is 13.0. The number of hydrogen-bond donors (Lipinski definition) is 1. The number of benzene rings is 1. The first-order chi connectivity index (χ1) is 11.5. The minimum Gasteiger partial charge on any atom is -0.477 e. The molecule has 0 aliphatic carbocycles. The van der Waals surface area contributed by atoms with Gasteiger partial charge in [-0.1, -0.05) is 19.1 Å². The van der Waals surface area contributed by atoms with Crippen LogP contribution in [0.1, 0.15) is 27.9 Å². The Morgan fingerprint density at radius 2 is 1.96 bits per heavy atom. The Morgan fingerprint density at radius 3 is 2.58 bits per heavy atom. The number of carboxylic acids is 1. The predicted molar refractivity (Wildman–Crippen MR) is 92.5 cm³/mol. The summed E-state index contributed by atoms with van der Waals surface area (Å²) < 4.78 is 15.0. The Labute approximate surface area is 141 Å². The summed E-state index contributed by atoms with van der Waals surface area (Å²) in [4.78, 5) is 25.3. The second-order valence-electron chi connectivity index (χ2n) is 5.51. The minimum atomic E-state index is -1.13. The van der Waals surface area contributed by atoms with E-state index >= 15 is 0 Å². The van der Waals surface area contributed by atoms with Crippen molar-refractivity contribution in [1.82, 2.24) is 4.57 Å². The van der Waals surface area contributed by atoms with Gasteiger partial charge in [-0.15, -0.1) is 11.3 Å². The molecule has 6 heteroatoms. The van der Waals surface area contributed by atoms with Gasteiger partial charge in [-0.25, -0.2) is 9.18 Å². The third kappa shape index (κ3) is 3.10. The van der Waals surface area contributed by atoms with Crippen LogP contribution >= 0.6 is 11.3 Å². The van der Waals surface area contributed by atoms with Crippen LogP contribution in [0.15, 0.2) is 41.2 Å². The molecule has 2 aromatic heterocycles. The van der Waals surface area contributed by atoms with Crippen molar-refractivity contribution in [2.45, 2.75) is 26.3 Å². The van der Waals surface area contributed by atoms with E-state index in [9.17, 15) is 19.1 Å². The molecule has 0 aliphatic rings. The lowest BCUT2D eigenvalue weighted by Crippen LogP contribution is -2.26. The number of fused-ring (bicyclic) bond motifs is 1. The molecule has 0 bridgehead atoms. The van der Waals surface area contributed by atoms with E-state index in [0.717, 1.165) is 16.9 Å². The number of aromatic carboxylic acids is 1. The van der Waals surface area contributed by atoms with Gasteiger partial charge < -0.3 is 9.67 Å². The summed E-state index contributed by atoms with van der Waals surface area (Å²) in [6.07, 6.45) is 1.26. The molecule has 3 aromatic rings. The van der Waals surface area contributed by atoms with Crippen LogP contribution < -0.4 is 5.56 Å². The third-order valence-corrected chi connectivity index (χ3v) is 5.18. The Balaban J connectivity index is 2.02. The molecule has 24 heavy (non-hydrogen) atoms. The van der Waals surface area contributed by atoms with Gasteiger partial charge in [0, 0.05) is 16.1 Å².